The van der Waals surface area contributed by atoms with Crippen molar-refractivity contribution in [1.29, 1.82) is 0 Å². The van der Waals surface area contributed by atoms with Crippen LogP contribution in [0.4, 0.5) is 0 Å². The average Bonchev–Trinajstić information content (AvgIpc) is 2.34. The first kappa shape index (κ1) is 8.41. The van der Waals surface area contributed by atoms with Crippen LogP contribution >= 0.6 is 11.8 Å². The van der Waals surface area contributed by atoms with E-state index in [0.29, 0.717) is 0 Å². The highest BCUT2D eigenvalue weighted by atomic mass is 32.2. The summed E-state index contributed by atoms with van der Waals surface area (Å²) in [6.07, 6.45) is 1.37. The van der Waals surface area contributed by atoms with E-state index in [4.69, 9.17) is 0 Å². The summed E-state index contributed by atoms with van der Waals surface area (Å²) in [6, 6.07) is 0. The van der Waals surface area contributed by atoms with Gasteiger partial charge in [0, 0.05) is 11.8 Å². The summed E-state index contributed by atoms with van der Waals surface area (Å²) in [6.45, 7) is 7.04. The van der Waals surface area contributed by atoms with Gasteiger partial charge in [0.05, 0.1) is 0 Å². The maximum Gasteiger partial charge on any atom is 0.0184 e. The van der Waals surface area contributed by atoms with Gasteiger partial charge in [-0.15, -0.1) is 0 Å². The van der Waals surface area contributed by atoms with Gasteiger partial charge in [-0.2, -0.15) is 11.8 Å². The van der Waals surface area contributed by atoms with Gasteiger partial charge in [-0.1, -0.05) is 13.8 Å². The molecule has 0 amide bonds. The summed E-state index contributed by atoms with van der Waals surface area (Å²) in [4.78, 5) is 0. The summed E-state index contributed by atoms with van der Waals surface area (Å²) in [5.74, 6) is 2.18. The fraction of sp³-hybridized carbons (Fsp3) is 1.00. The Labute approximate surface area is 68.0 Å². The third-order valence-electron chi connectivity index (χ3n) is 1.68. The Morgan fingerprint density at radius 1 is 1.60 bits per heavy atom. The summed E-state index contributed by atoms with van der Waals surface area (Å²) in [7, 11) is 0. The fourth-order valence-corrected chi connectivity index (χ4v) is 2.28. The Kier molecular flexibility index (Phi) is 3.57. The molecular formula is C8H17NS. The molecule has 1 aliphatic rings. The van der Waals surface area contributed by atoms with Crippen LogP contribution in [-0.2, 0) is 0 Å². The molecule has 1 fully saturated rings. The molecule has 10 heavy (non-hydrogen) atoms. The van der Waals surface area contributed by atoms with Gasteiger partial charge in [0.15, 0.2) is 0 Å². The van der Waals surface area contributed by atoms with Gasteiger partial charge in [-0.3, -0.25) is 0 Å². The average molecular weight is 159 g/mol. The van der Waals surface area contributed by atoms with E-state index in [2.05, 4.69) is 30.9 Å². The van der Waals surface area contributed by atoms with Gasteiger partial charge in [-0.25, -0.2) is 0 Å². The molecule has 0 bridgehead atoms. The highest BCUT2D eigenvalue weighted by Gasteiger charge is 2.14. The predicted octanol–water partition coefficient (Wildman–Crippen LogP) is 1.74. The van der Waals surface area contributed by atoms with Crippen molar-refractivity contribution in [2.45, 2.75) is 25.5 Å². The Bertz CT molecular complexity index is 87.3. The quantitative estimate of drug-likeness (QED) is 0.673. The minimum Gasteiger partial charge on any atom is -0.316 e. The van der Waals surface area contributed by atoms with Gasteiger partial charge < -0.3 is 5.32 Å². The van der Waals surface area contributed by atoms with Crippen molar-refractivity contribution in [3.05, 3.63) is 0 Å². The molecule has 0 saturated carbocycles. The molecular weight excluding hydrogens is 142 g/mol. The fourth-order valence-electron chi connectivity index (χ4n) is 1.10. The molecule has 2 heteroatoms. The van der Waals surface area contributed by atoms with Crippen LogP contribution in [-0.4, -0.2) is 24.1 Å². The van der Waals surface area contributed by atoms with E-state index in [0.717, 1.165) is 11.2 Å². The van der Waals surface area contributed by atoms with Crippen LogP contribution in [0.25, 0.3) is 0 Å². The Balaban J connectivity index is 2.01. The molecule has 1 saturated heterocycles. The predicted molar refractivity (Wildman–Crippen MR) is 48.6 cm³/mol. The van der Waals surface area contributed by atoms with Crippen molar-refractivity contribution in [2.24, 2.45) is 5.92 Å². The SMILES string of the molecule is CC(C)CS[C@H]1CCNC1. The lowest BCUT2D eigenvalue weighted by molar-refractivity contribution is 0.746. The number of thioether (sulfide) groups is 1. The maximum atomic E-state index is 3.38. The summed E-state index contributed by atoms with van der Waals surface area (Å²) in [5.41, 5.74) is 0. The molecule has 1 rings (SSSR count). The highest BCUT2D eigenvalue weighted by Crippen LogP contribution is 2.19. The molecule has 0 aromatic heterocycles. The van der Waals surface area contributed by atoms with Crippen LogP contribution in [0.1, 0.15) is 20.3 Å². The van der Waals surface area contributed by atoms with Crippen LogP contribution in [0.5, 0.6) is 0 Å². The first-order valence-corrected chi connectivity index (χ1v) is 5.16. The standard InChI is InChI=1S/C8H17NS/c1-7(2)6-10-8-3-4-9-5-8/h7-9H,3-6H2,1-2H3/t8-/m0/s1. The Morgan fingerprint density at radius 2 is 2.40 bits per heavy atom. The van der Waals surface area contributed by atoms with E-state index in [-0.39, 0.29) is 0 Å². The molecule has 1 atom stereocenters. The second-order valence-corrected chi connectivity index (χ2v) is 4.68. The van der Waals surface area contributed by atoms with Crippen molar-refractivity contribution in [2.75, 3.05) is 18.8 Å². The Hall–Kier alpha value is 0.310. The first-order chi connectivity index (χ1) is 4.79. The highest BCUT2D eigenvalue weighted by molar-refractivity contribution is 7.99. The second-order valence-electron chi connectivity index (χ2n) is 3.34. The number of nitrogens with one attached hydrogen (secondary N) is 1. The van der Waals surface area contributed by atoms with Crippen LogP contribution in [0.15, 0.2) is 0 Å². The molecule has 0 aromatic carbocycles. The summed E-state index contributed by atoms with van der Waals surface area (Å²) in [5, 5.41) is 4.28. The van der Waals surface area contributed by atoms with Crippen LogP contribution < -0.4 is 5.32 Å². The van der Waals surface area contributed by atoms with Crippen molar-refractivity contribution < 1.29 is 0 Å². The van der Waals surface area contributed by atoms with Crippen molar-refractivity contribution in [3.63, 3.8) is 0 Å². The van der Waals surface area contributed by atoms with Gasteiger partial charge in [0.25, 0.3) is 0 Å². The third kappa shape index (κ3) is 2.93. The molecule has 0 spiro atoms. The topological polar surface area (TPSA) is 12.0 Å². The van der Waals surface area contributed by atoms with Crippen molar-refractivity contribution in [1.82, 2.24) is 5.32 Å². The van der Waals surface area contributed by atoms with Gasteiger partial charge in [0.1, 0.15) is 0 Å². The second kappa shape index (κ2) is 4.24. The molecule has 1 aliphatic heterocycles. The molecule has 60 valence electrons. The van der Waals surface area contributed by atoms with E-state index in [1.54, 1.807) is 0 Å². The molecule has 1 nitrogen and oxygen atoms in total. The monoisotopic (exact) mass is 159 g/mol. The minimum absolute atomic E-state index is 0.852. The van der Waals surface area contributed by atoms with Gasteiger partial charge in [-0.05, 0) is 24.6 Å². The van der Waals surface area contributed by atoms with Crippen LogP contribution in [0.3, 0.4) is 0 Å². The lowest BCUT2D eigenvalue weighted by Gasteiger charge is -2.09. The molecule has 0 aromatic rings. The van der Waals surface area contributed by atoms with Crippen LogP contribution in [0, 0.1) is 5.92 Å². The zero-order chi connectivity index (χ0) is 7.40. The number of rotatable bonds is 3. The lowest BCUT2D eigenvalue weighted by atomic mass is 10.3. The van der Waals surface area contributed by atoms with Crippen molar-refractivity contribution in [3.8, 4) is 0 Å². The molecule has 1 heterocycles. The van der Waals surface area contributed by atoms with Gasteiger partial charge in [0.2, 0.25) is 0 Å². The van der Waals surface area contributed by atoms with E-state index >= 15 is 0 Å². The largest absolute Gasteiger partial charge is 0.316 e. The van der Waals surface area contributed by atoms with E-state index in [1.165, 1.54) is 25.3 Å². The molecule has 0 aliphatic carbocycles. The van der Waals surface area contributed by atoms with E-state index < -0.39 is 0 Å². The van der Waals surface area contributed by atoms with E-state index in [1.807, 2.05) is 0 Å². The van der Waals surface area contributed by atoms with E-state index in [9.17, 15) is 0 Å². The summed E-state index contributed by atoms with van der Waals surface area (Å²) >= 11 is 2.13. The van der Waals surface area contributed by atoms with Crippen LogP contribution in [0.2, 0.25) is 0 Å². The Morgan fingerprint density at radius 3 is 2.90 bits per heavy atom. The zero-order valence-electron chi connectivity index (χ0n) is 6.89. The molecule has 0 unspecified atom stereocenters. The normalized spacial score (nSPS) is 26.1. The summed E-state index contributed by atoms with van der Waals surface area (Å²) < 4.78 is 0. The maximum absolute atomic E-state index is 3.38. The molecule has 0 radical (unpaired) electrons. The zero-order valence-corrected chi connectivity index (χ0v) is 7.71. The smallest absolute Gasteiger partial charge is 0.0184 e. The lowest BCUT2D eigenvalue weighted by Crippen LogP contribution is -2.11. The third-order valence-corrected chi connectivity index (χ3v) is 3.41. The number of hydrogen-bond acceptors (Lipinski definition) is 2. The number of hydrogen-bond donors (Lipinski definition) is 1. The van der Waals surface area contributed by atoms with Crippen molar-refractivity contribution >= 4 is 11.8 Å². The minimum atomic E-state index is 0.852. The molecule has 1 N–H and O–H groups in total. The first-order valence-electron chi connectivity index (χ1n) is 4.11. The van der Waals surface area contributed by atoms with Gasteiger partial charge >= 0.3 is 0 Å².